The monoisotopic (exact) mass is 460 g/mol. The largest absolute Gasteiger partial charge is 0.504 e. The molecule has 160 valence electrons. The molecule has 1 heterocycles. The number of hydrogen-bond donors (Lipinski definition) is 3. The van der Waals surface area contributed by atoms with Crippen LogP contribution in [-0.4, -0.2) is 38.2 Å². The maximum atomic E-state index is 12.9. The fourth-order valence-corrected chi connectivity index (χ4v) is 3.32. The van der Waals surface area contributed by atoms with Crippen molar-refractivity contribution in [2.45, 2.75) is 0 Å². The van der Waals surface area contributed by atoms with E-state index < -0.39 is 43.5 Å². The van der Waals surface area contributed by atoms with E-state index in [1.807, 2.05) is 0 Å². The van der Waals surface area contributed by atoms with Crippen molar-refractivity contribution in [2.24, 2.45) is 0 Å². The zero-order valence-corrected chi connectivity index (χ0v) is 16.4. The van der Waals surface area contributed by atoms with Crippen molar-refractivity contribution in [3.05, 3.63) is 46.8 Å². The summed E-state index contributed by atoms with van der Waals surface area (Å²) in [7, 11) is -8.61. The third-order valence-corrected chi connectivity index (χ3v) is 4.52. The quantitative estimate of drug-likeness (QED) is 0.451. The van der Waals surface area contributed by atoms with Crippen LogP contribution in [0.25, 0.3) is 22.1 Å². The van der Waals surface area contributed by atoms with E-state index in [1.54, 1.807) is 0 Å². The first-order valence-electron chi connectivity index (χ1n) is 7.69. The summed E-state index contributed by atoms with van der Waals surface area (Å²) in [5.41, 5.74) is -0.826. The Hall–Kier alpha value is -3.33. The van der Waals surface area contributed by atoms with Crippen LogP contribution in [0.1, 0.15) is 0 Å². The van der Waals surface area contributed by atoms with E-state index in [-0.39, 0.29) is 27.8 Å². The molecule has 3 rings (SSSR count). The molecule has 0 unspecified atom stereocenters. The molecule has 0 bridgehead atoms. The van der Waals surface area contributed by atoms with Crippen LogP contribution < -0.4 is 18.5 Å². The first-order chi connectivity index (χ1) is 13.9. The summed E-state index contributed by atoms with van der Waals surface area (Å²) in [4.78, 5) is 12.9. The highest BCUT2D eigenvalue weighted by molar-refractivity contribution is 7.81. The van der Waals surface area contributed by atoms with Gasteiger partial charge in [0, 0.05) is 6.07 Å². The Bertz CT molecular complexity index is 1390. The van der Waals surface area contributed by atoms with Crippen molar-refractivity contribution in [3.8, 4) is 34.1 Å². The summed E-state index contributed by atoms with van der Waals surface area (Å²) in [5, 5.41) is 10.0. The summed E-state index contributed by atoms with van der Waals surface area (Å²) >= 11 is 0. The minimum atomic E-state index is -4.96. The average molecular weight is 460 g/mol. The van der Waals surface area contributed by atoms with Gasteiger partial charge < -0.3 is 22.6 Å². The van der Waals surface area contributed by atoms with Gasteiger partial charge in [0.1, 0.15) is 23.0 Å². The first kappa shape index (κ1) is 21.4. The third kappa shape index (κ3) is 4.46. The third-order valence-electron chi connectivity index (χ3n) is 3.73. The van der Waals surface area contributed by atoms with E-state index in [0.29, 0.717) is 0 Å². The Morgan fingerprint density at radius 2 is 1.57 bits per heavy atom. The van der Waals surface area contributed by atoms with Gasteiger partial charge in [-0.1, -0.05) is 12.1 Å². The highest BCUT2D eigenvalue weighted by atomic mass is 32.3. The fraction of sp³-hybridized carbons (Fsp3) is 0.0625. The molecule has 14 heteroatoms. The van der Waals surface area contributed by atoms with Crippen molar-refractivity contribution in [2.75, 3.05) is 7.11 Å². The molecule has 3 N–H and O–H groups in total. The molecule has 0 radical (unpaired) electrons. The molecule has 0 aliphatic rings. The van der Waals surface area contributed by atoms with Gasteiger partial charge in [0.2, 0.25) is 11.2 Å². The van der Waals surface area contributed by atoms with Gasteiger partial charge >= 0.3 is 20.8 Å². The minimum absolute atomic E-state index is 0.0540. The van der Waals surface area contributed by atoms with Crippen LogP contribution in [0.4, 0.5) is 0 Å². The number of benzene rings is 2. The number of methoxy groups -OCH3 is 1. The summed E-state index contributed by atoms with van der Waals surface area (Å²) in [5.74, 6) is -2.17. The lowest BCUT2D eigenvalue weighted by molar-refractivity contribution is 0.343. The SMILES string of the molecule is COc1c(OS(=O)(=O)O)cc2occ(-c3ccc(OS(=O)(=O)O)cc3)c(=O)c2c1O. The molecule has 0 saturated heterocycles. The van der Waals surface area contributed by atoms with Gasteiger partial charge in [-0.05, 0) is 17.7 Å². The van der Waals surface area contributed by atoms with Crippen LogP contribution in [0, 0.1) is 0 Å². The van der Waals surface area contributed by atoms with Gasteiger partial charge in [0.05, 0.1) is 12.7 Å². The molecule has 0 fully saturated rings. The molecule has 0 aliphatic carbocycles. The predicted molar refractivity (Wildman–Crippen MR) is 100 cm³/mol. The van der Waals surface area contributed by atoms with Gasteiger partial charge in [-0.3, -0.25) is 13.9 Å². The van der Waals surface area contributed by atoms with Crippen LogP contribution >= 0.6 is 0 Å². The summed E-state index contributed by atoms with van der Waals surface area (Å²) in [6.07, 6.45) is 1.01. The smallest absolute Gasteiger partial charge is 0.446 e. The molecule has 0 atom stereocenters. The van der Waals surface area contributed by atoms with E-state index in [2.05, 4.69) is 8.37 Å². The van der Waals surface area contributed by atoms with Crippen LogP contribution in [0.15, 0.2) is 45.8 Å². The Labute approximate surface area is 168 Å². The molecule has 0 amide bonds. The highest BCUT2D eigenvalue weighted by Crippen LogP contribution is 2.42. The molecule has 2 aromatic carbocycles. The van der Waals surface area contributed by atoms with Crippen LogP contribution in [0.3, 0.4) is 0 Å². The lowest BCUT2D eigenvalue weighted by atomic mass is 10.0. The maximum Gasteiger partial charge on any atom is 0.446 e. The Kier molecular flexibility index (Phi) is 5.34. The van der Waals surface area contributed by atoms with Crippen LogP contribution in [0.2, 0.25) is 0 Å². The topological polar surface area (TPSA) is 187 Å². The lowest BCUT2D eigenvalue weighted by Crippen LogP contribution is -2.10. The van der Waals surface area contributed by atoms with Gasteiger partial charge in [0.25, 0.3) is 0 Å². The van der Waals surface area contributed by atoms with Crippen molar-refractivity contribution in [1.29, 1.82) is 0 Å². The predicted octanol–water partition coefficient (Wildman–Crippen LogP) is 1.54. The molecule has 3 aromatic rings. The van der Waals surface area contributed by atoms with Crippen LogP contribution in [-0.2, 0) is 20.8 Å². The molecule has 0 saturated carbocycles. The normalized spacial score (nSPS) is 12.0. The first-order valence-corrected chi connectivity index (χ1v) is 10.4. The van der Waals surface area contributed by atoms with Gasteiger partial charge in [-0.15, -0.1) is 0 Å². The number of hydrogen-bond acceptors (Lipinski definition) is 10. The van der Waals surface area contributed by atoms with Crippen molar-refractivity contribution in [3.63, 3.8) is 0 Å². The Balaban J connectivity index is 2.15. The van der Waals surface area contributed by atoms with E-state index in [0.717, 1.165) is 31.6 Å². The number of phenols is 1. The highest BCUT2D eigenvalue weighted by Gasteiger charge is 2.23. The summed E-state index contributed by atoms with van der Waals surface area (Å²) in [6.45, 7) is 0. The molecular formula is C16H12O12S2. The molecule has 0 aliphatic heterocycles. The van der Waals surface area contributed by atoms with Crippen LogP contribution in [0.5, 0.6) is 23.0 Å². The van der Waals surface area contributed by atoms with E-state index >= 15 is 0 Å². The van der Waals surface area contributed by atoms with E-state index in [1.165, 1.54) is 12.1 Å². The van der Waals surface area contributed by atoms with Gasteiger partial charge in [-0.2, -0.15) is 16.8 Å². The molecule has 12 nitrogen and oxygen atoms in total. The lowest BCUT2D eigenvalue weighted by Gasteiger charge is -2.12. The second-order valence-corrected chi connectivity index (χ2v) is 7.70. The molecular weight excluding hydrogens is 448 g/mol. The number of ether oxygens (including phenoxy) is 1. The maximum absolute atomic E-state index is 12.9. The number of aromatic hydroxyl groups is 1. The number of rotatable bonds is 6. The van der Waals surface area contributed by atoms with Gasteiger partial charge in [-0.25, -0.2) is 0 Å². The zero-order chi connectivity index (χ0) is 22.3. The van der Waals surface area contributed by atoms with Crippen molar-refractivity contribution < 1.29 is 48.6 Å². The molecule has 0 spiro atoms. The molecule has 30 heavy (non-hydrogen) atoms. The number of phenolic OH excluding ortho intramolecular Hbond substituents is 1. The van der Waals surface area contributed by atoms with Crippen molar-refractivity contribution >= 4 is 31.8 Å². The Morgan fingerprint density at radius 1 is 0.967 bits per heavy atom. The van der Waals surface area contributed by atoms with Crippen molar-refractivity contribution in [1.82, 2.24) is 0 Å². The summed E-state index contributed by atoms with van der Waals surface area (Å²) in [6, 6.07) is 5.84. The second-order valence-electron chi connectivity index (χ2n) is 5.65. The van der Waals surface area contributed by atoms with Gasteiger partial charge in [0.15, 0.2) is 11.5 Å². The summed E-state index contributed by atoms with van der Waals surface area (Å²) < 4.78 is 79.7. The Morgan fingerprint density at radius 3 is 2.10 bits per heavy atom. The average Bonchev–Trinajstić information content (AvgIpc) is 2.60. The minimum Gasteiger partial charge on any atom is -0.504 e. The standard InChI is InChI=1S/C16H12O12S2/c1-25-16-12(28-30(22,23)24)6-11-13(15(16)18)14(17)10(7-26-11)8-2-4-9(5-3-8)27-29(19,20)21/h2-7,18H,1H3,(H,19,20,21)(H,22,23,24). The van der Waals surface area contributed by atoms with E-state index in [4.69, 9.17) is 18.3 Å². The number of fused-ring (bicyclic) bond motifs is 1. The second kappa shape index (κ2) is 7.49. The van der Waals surface area contributed by atoms with E-state index in [9.17, 15) is 26.7 Å². The fourth-order valence-electron chi connectivity index (χ4n) is 2.61. The zero-order valence-electron chi connectivity index (χ0n) is 14.8. The molecule has 1 aromatic heterocycles.